The van der Waals surface area contributed by atoms with E-state index < -0.39 is 23.3 Å². The molecule has 52 heavy (non-hydrogen) atoms. The predicted octanol–water partition coefficient (Wildman–Crippen LogP) is 7.44. The minimum absolute atomic E-state index is 0.0201. The summed E-state index contributed by atoms with van der Waals surface area (Å²) in [5.41, 5.74) is -0.246. The van der Waals surface area contributed by atoms with Gasteiger partial charge in [0, 0.05) is 61.0 Å². The number of halogens is 4. The second-order valence-corrected chi connectivity index (χ2v) is 15.0. The lowest BCUT2D eigenvalue weighted by atomic mass is 9.91. The molecule has 2 bridgehead atoms. The van der Waals surface area contributed by atoms with Crippen LogP contribution in [-0.4, -0.2) is 94.7 Å². The standard InChI is InChI=1S/C40H39F4N5O3/c1-3-28-31(43)9-6-23-15-27(50)16-29(32(23)28)33-35(44)36-34(30-14-22(2)52-37(30)33)38(49-25-7-8-26(49)20-47(19-25)12-5-11-41)46-39(45-36)51-21-40-10-4-13-48(40)18-24(42)17-40/h1,6,9,14-16,24-26,50H,4-5,7-8,10-13,17-21H2,2H3/t24-,25-,26+,40+/m1/s1. The maximum atomic E-state index is 17.7. The van der Waals surface area contributed by atoms with Gasteiger partial charge in [-0.1, -0.05) is 12.0 Å². The van der Waals surface area contributed by atoms with Crippen molar-refractivity contribution in [2.24, 2.45) is 0 Å². The van der Waals surface area contributed by atoms with E-state index in [9.17, 15) is 13.9 Å². The molecule has 4 fully saturated rings. The molecule has 0 radical (unpaired) electrons. The van der Waals surface area contributed by atoms with Crippen LogP contribution in [-0.2, 0) is 0 Å². The van der Waals surface area contributed by atoms with E-state index in [-0.39, 0.29) is 70.3 Å². The Morgan fingerprint density at radius 1 is 1.10 bits per heavy atom. The van der Waals surface area contributed by atoms with Crippen molar-refractivity contribution in [3.8, 4) is 35.2 Å². The van der Waals surface area contributed by atoms with Crippen LogP contribution in [0, 0.1) is 30.9 Å². The Balaban J connectivity index is 1.27. The Hall–Kier alpha value is -4.60. The van der Waals surface area contributed by atoms with Crippen molar-refractivity contribution in [2.45, 2.75) is 69.2 Å². The number of phenols is 1. The third-order valence-electron chi connectivity index (χ3n) is 11.8. The molecule has 4 saturated heterocycles. The quantitative estimate of drug-likeness (QED) is 0.131. The first-order chi connectivity index (χ1) is 25.2. The number of piperazine rings is 1. The van der Waals surface area contributed by atoms with Gasteiger partial charge in [0.2, 0.25) is 0 Å². The van der Waals surface area contributed by atoms with Crippen LogP contribution >= 0.6 is 0 Å². The van der Waals surface area contributed by atoms with Crippen LogP contribution in [0.1, 0.15) is 49.8 Å². The number of aromatic nitrogens is 2. The van der Waals surface area contributed by atoms with Crippen LogP contribution in [0.15, 0.2) is 34.7 Å². The Morgan fingerprint density at radius 3 is 2.67 bits per heavy atom. The molecule has 12 heteroatoms. The van der Waals surface area contributed by atoms with Crippen LogP contribution in [0.4, 0.5) is 23.4 Å². The number of likely N-dealkylation sites (tertiary alicyclic amines) is 1. The lowest BCUT2D eigenvalue weighted by Crippen LogP contribution is -2.54. The zero-order valence-corrected chi connectivity index (χ0v) is 28.9. The van der Waals surface area contributed by atoms with E-state index in [2.05, 4.69) is 20.6 Å². The van der Waals surface area contributed by atoms with Crippen molar-refractivity contribution < 1.29 is 31.8 Å². The number of terminal acetylenes is 1. The molecule has 4 aliphatic rings. The maximum absolute atomic E-state index is 17.7. The van der Waals surface area contributed by atoms with Crippen molar-refractivity contribution in [2.75, 3.05) is 50.9 Å². The van der Waals surface area contributed by atoms with Crippen molar-refractivity contribution >= 4 is 38.5 Å². The van der Waals surface area contributed by atoms with E-state index >= 15 is 8.78 Å². The van der Waals surface area contributed by atoms with Crippen molar-refractivity contribution in [3.05, 3.63) is 53.3 Å². The number of ether oxygens (including phenoxy) is 1. The highest BCUT2D eigenvalue weighted by atomic mass is 19.1. The lowest BCUT2D eigenvalue weighted by Gasteiger charge is -2.42. The average molecular weight is 714 g/mol. The molecule has 4 atom stereocenters. The molecule has 0 unspecified atom stereocenters. The van der Waals surface area contributed by atoms with E-state index in [0.717, 1.165) is 32.2 Å². The van der Waals surface area contributed by atoms with Gasteiger partial charge in [-0.2, -0.15) is 9.97 Å². The predicted molar refractivity (Wildman–Crippen MR) is 191 cm³/mol. The highest BCUT2D eigenvalue weighted by Gasteiger charge is 2.50. The topological polar surface area (TPSA) is 78.1 Å². The Labute approximate surface area is 298 Å². The van der Waals surface area contributed by atoms with Crippen molar-refractivity contribution in [1.29, 1.82) is 0 Å². The summed E-state index contributed by atoms with van der Waals surface area (Å²) in [7, 11) is 0. The number of phenolic OH excluding ortho intramolecular Hbond substituents is 1. The first-order valence-corrected chi connectivity index (χ1v) is 18.1. The van der Waals surface area contributed by atoms with Crippen LogP contribution in [0.3, 0.4) is 0 Å². The third kappa shape index (κ3) is 5.18. The minimum atomic E-state index is -0.950. The summed E-state index contributed by atoms with van der Waals surface area (Å²) in [6.45, 7) is 4.76. The SMILES string of the molecule is C#Cc1c(F)ccc2cc(O)cc(-c3c(F)c4nc(OC[C@@]56CCCN5C[C@H](F)C6)nc(N5[C@@H]6CC[C@H]5CN(CCCF)C6)c4c4cc(C)oc34)c12. The molecule has 0 saturated carbocycles. The zero-order chi connectivity index (χ0) is 35.9. The van der Waals surface area contributed by atoms with Gasteiger partial charge >= 0.3 is 6.01 Å². The number of anilines is 1. The molecule has 8 nitrogen and oxygen atoms in total. The van der Waals surface area contributed by atoms with E-state index in [1.54, 1.807) is 6.92 Å². The van der Waals surface area contributed by atoms with Gasteiger partial charge in [0.1, 0.15) is 47.0 Å². The molecule has 0 spiro atoms. The molecule has 6 heterocycles. The maximum Gasteiger partial charge on any atom is 0.319 e. The number of aromatic hydroxyl groups is 1. The number of nitrogens with zero attached hydrogens (tertiary/aromatic N) is 5. The van der Waals surface area contributed by atoms with Crippen LogP contribution < -0.4 is 9.64 Å². The molecule has 3 aromatic carbocycles. The van der Waals surface area contributed by atoms with Gasteiger partial charge < -0.3 is 19.2 Å². The summed E-state index contributed by atoms with van der Waals surface area (Å²) in [5, 5.41) is 12.5. The molecule has 0 aliphatic carbocycles. The number of rotatable bonds is 8. The van der Waals surface area contributed by atoms with Crippen LogP contribution in [0.2, 0.25) is 0 Å². The van der Waals surface area contributed by atoms with Gasteiger partial charge in [-0.25, -0.2) is 13.2 Å². The molecule has 270 valence electrons. The number of alkyl halides is 2. The number of hydrogen-bond acceptors (Lipinski definition) is 8. The number of fused-ring (bicyclic) bond motifs is 7. The Bertz CT molecular complexity index is 2280. The highest BCUT2D eigenvalue weighted by Crippen LogP contribution is 2.48. The number of benzene rings is 3. The molecule has 9 rings (SSSR count). The highest BCUT2D eigenvalue weighted by molar-refractivity contribution is 6.18. The second-order valence-electron chi connectivity index (χ2n) is 15.0. The van der Waals surface area contributed by atoms with Crippen LogP contribution in [0.5, 0.6) is 11.8 Å². The summed E-state index contributed by atoms with van der Waals surface area (Å²) < 4.78 is 73.3. The first kappa shape index (κ1) is 33.3. The van der Waals surface area contributed by atoms with Gasteiger partial charge in [-0.05, 0) is 75.2 Å². The van der Waals surface area contributed by atoms with Crippen LogP contribution in [0.25, 0.3) is 43.8 Å². The largest absolute Gasteiger partial charge is 0.508 e. The van der Waals surface area contributed by atoms with E-state index in [0.29, 0.717) is 66.8 Å². The summed E-state index contributed by atoms with van der Waals surface area (Å²) in [6.07, 6.45) is 9.16. The van der Waals surface area contributed by atoms with E-state index in [1.165, 1.54) is 24.3 Å². The zero-order valence-electron chi connectivity index (χ0n) is 28.9. The Morgan fingerprint density at radius 2 is 1.90 bits per heavy atom. The fourth-order valence-electron chi connectivity index (χ4n) is 9.64. The average Bonchev–Trinajstić information content (AvgIpc) is 3.85. The summed E-state index contributed by atoms with van der Waals surface area (Å²) in [6, 6.07) is 7.40. The summed E-state index contributed by atoms with van der Waals surface area (Å²) in [5.74, 6) is 1.86. The van der Waals surface area contributed by atoms with E-state index in [4.69, 9.17) is 25.5 Å². The van der Waals surface area contributed by atoms with Crippen molar-refractivity contribution in [1.82, 2.24) is 19.8 Å². The third-order valence-corrected chi connectivity index (χ3v) is 11.8. The number of furan rings is 1. The van der Waals surface area contributed by atoms with E-state index in [1.807, 2.05) is 6.07 Å². The monoisotopic (exact) mass is 713 g/mol. The molecule has 4 aliphatic heterocycles. The first-order valence-electron chi connectivity index (χ1n) is 18.1. The molecule has 0 amide bonds. The van der Waals surface area contributed by atoms with Gasteiger partial charge in [0.25, 0.3) is 0 Å². The lowest BCUT2D eigenvalue weighted by molar-refractivity contribution is 0.107. The van der Waals surface area contributed by atoms with Gasteiger partial charge in [0.05, 0.1) is 28.7 Å². The fraction of sp³-hybridized carbons (Fsp3) is 0.450. The van der Waals surface area contributed by atoms with Gasteiger partial charge in [-0.15, -0.1) is 6.42 Å². The van der Waals surface area contributed by atoms with Crippen molar-refractivity contribution in [3.63, 3.8) is 0 Å². The number of aryl methyl sites for hydroxylation is 1. The molecule has 1 N–H and O–H groups in total. The Kier molecular flexibility index (Phi) is 8.01. The fourth-order valence-corrected chi connectivity index (χ4v) is 9.64. The molecule has 2 aromatic heterocycles. The summed E-state index contributed by atoms with van der Waals surface area (Å²) in [4.78, 5) is 16.4. The van der Waals surface area contributed by atoms with Gasteiger partial charge in [0.15, 0.2) is 5.82 Å². The second kappa shape index (κ2) is 12.5. The molecular weight excluding hydrogens is 674 g/mol. The minimum Gasteiger partial charge on any atom is -0.508 e. The van der Waals surface area contributed by atoms with Gasteiger partial charge in [-0.3, -0.25) is 14.2 Å². The number of hydrogen-bond donors (Lipinski definition) is 1. The normalized spacial score (nSPS) is 24.8. The smallest absolute Gasteiger partial charge is 0.319 e. The molecular formula is C40H39F4N5O3. The molecule has 5 aromatic rings. The summed E-state index contributed by atoms with van der Waals surface area (Å²) >= 11 is 0.